The Bertz CT molecular complexity index is 776. The number of imidazole rings is 1. The fourth-order valence-electron chi connectivity index (χ4n) is 2.24. The molecule has 128 valence electrons. The molecule has 1 aromatic heterocycles. The Morgan fingerprint density at radius 2 is 1.83 bits per heavy atom. The number of hydrogen-bond acceptors (Lipinski definition) is 4. The van der Waals surface area contributed by atoms with Crippen LogP contribution in [0, 0.1) is 0 Å². The number of carbonyl (C=O) groups excluding carboxylic acids is 2. The van der Waals surface area contributed by atoms with Crippen molar-refractivity contribution in [1.29, 1.82) is 0 Å². The zero-order chi connectivity index (χ0) is 17.9. The summed E-state index contributed by atoms with van der Waals surface area (Å²) in [5, 5.41) is 5.00. The van der Waals surface area contributed by atoms with Crippen LogP contribution in [0.2, 0.25) is 0 Å². The molecule has 1 heterocycles. The van der Waals surface area contributed by atoms with Crippen LogP contribution in [0.3, 0.4) is 0 Å². The number of nitrogens with zero attached hydrogens (tertiary/aromatic N) is 2. The van der Waals surface area contributed by atoms with Gasteiger partial charge in [-0.15, -0.1) is 0 Å². The number of rotatable bonds is 5. The van der Waals surface area contributed by atoms with Crippen molar-refractivity contribution in [1.82, 2.24) is 20.2 Å². The van der Waals surface area contributed by atoms with Crippen molar-refractivity contribution in [2.24, 2.45) is 0 Å². The standard InChI is InChI=1S/C15H16Br2N4O3/c1-18-13(22)11-12(14(23)19-2)21(7-20-11)15(24-3)8-4-5-9(16)10(17)6-8/h4-7,15H,1-3H3,(H,18,22)(H,19,23). The summed E-state index contributed by atoms with van der Waals surface area (Å²) in [6.07, 6.45) is 0.798. The second-order valence-corrected chi connectivity index (χ2v) is 6.48. The number of methoxy groups -OCH3 is 1. The van der Waals surface area contributed by atoms with Gasteiger partial charge >= 0.3 is 0 Å². The maximum absolute atomic E-state index is 12.3. The summed E-state index contributed by atoms with van der Waals surface area (Å²) in [5.74, 6) is -0.872. The minimum Gasteiger partial charge on any atom is -0.357 e. The van der Waals surface area contributed by atoms with Crippen LogP contribution in [-0.2, 0) is 4.74 Å². The Labute approximate surface area is 156 Å². The summed E-state index contributed by atoms with van der Waals surface area (Å²) in [6, 6.07) is 5.59. The monoisotopic (exact) mass is 458 g/mol. The SMILES string of the molecule is CNC(=O)c1ncn(C(OC)c2ccc(Br)c(Br)c2)c1C(=O)NC. The molecule has 0 saturated carbocycles. The maximum Gasteiger partial charge on any atom is 0.272 e. The highest BCUT2D eigenvalue weighted by molar-refractivity contribution is 9.13. The van der Waals surface area contributed by atoms with E-state index in [-0.39, 0.29) is 11.4 Å². The number of nitrogens with one attached hydrogen (secondary N) is 2. The van der Waals surface area contributed by atoms with Crippen molar-refractivity contribution in [3.8, 4) is 0 Å². The highest BCUT2D eigenvalue weighted by Gasteiger charge is 2.27. The lowest BCUT2D eigenvalue weighted by Crippen LogP contribution is -2.29. The fourth-order valence-corrected chi connectivity index (χ4v) is 2.89. The molecule has 0 aliphatic rings. The highest BCUT2D eigenvalue weighted by Crippen LogP contribution is 2.29. The number of ether oxygens (including phenoxy) is 1. The van der Waals surface area contributed by atoms with Crippen molar-refractivity contribution < 1.29 is 14.3 Å². The molecule has 2 rings (SSSR count). The normalized spacial score (nSPS) is 11.9. The number of halogens is 2. The molecule has 2 N–H and O–H groups in total. The lowest BCUT2D eigenvalue weighted by atomic mass is 10.2. The topological polar surface area (TPSA) is 85.2 Å². The maximum atomic E-state index is 12.3. The van der Waals surface area contributed by atoms with Gasteiger partial charge in [0.2, 0.25) is 0 Å². The average Bonchev–Trinajstić information content (AvgIpc) is 3.02. The van der Waals surface area contributed by atoms with Gasteiger partial charge in [0.05, 0.1) is 6.33 Å². The van der Waals surface area contributed by atoms with Gasteiger partial charge in [-0.2, -0.15) is 0 Å². The van der Waals surface area contributed by atoms with Gasteiger partial charge in [0.15, 0.2) is 11.9 Å². The molecule has 0 spiro atoms. The first-order chi connectivity index (χ1) is 11.4. The molecule has 9 heteroatoms. The van der Waals surface area contributed by atoms with Crippen molar-refractivity contribution in [2.45, 2.75) is 6.23 Å². The van der Waals surface area contributed by atoms with Gasteiger partial charge in [-0.05, 0) is 44.0 Å². The van der Waals surface area contributed by atoms with Crippen molar-refractivity contribution in [3.05, 3.63) is 50.4 Å². The lowest BCUT2D eigenvalue weighted by Gasteiger charge is -2.20. The zero-order valence-electron chi connectivity index (χ0n) is 13.3. The number of aromatic nitrogens is 2. The summed E-state index contributed by atoms with van der Waals surface area (Å²) in [6.45, 7) is 0. The van der Waals surface area contributed by atoms with E-state index < -0.39 is 18.0 Å². The smallest absolute Gasteiger partial charge is 0.272 e. The molecule has 0 radical (unpaired) electrons. The minimum absolute atomic E-state index is 0.0371. The van der Waals surface area contributed by atoms with E-state index in [1.807, 2.05) is 18.2 Å². The molecule has 24 heavy (non-hydrogen) atoms. The van der Waals surface area contributed by atoms with Crippen molar-refractivity contribution in [2.75, 3.05) is 21.2 Å². The Balaban J connectivity index is 2.59. The van der Waals surface area contributed by atoms with Gasteiger partial charge in [0.1, 0.15) is 5.69 Å². The molecule has 1 aromatic carbocycles. The molecule has 1 unspecified atom stereocenters. The molecule has 0 bridgehead atoms. The first-order valence-electron chi connectivity index (χ1n) is 6.93. The van der Waals surface area contributed by atoms with Crippen LogP contribution in [0.15, 0.2) is 33.5 Å². The van der Waals surface area contributed by atoms with E-state index in [0.29, 0.717) is 0 Å². The first-order valence-corrected chi connectivity index (χ1v) is 8.51. The lowest BCUT2D eigenvalue weighted by molar-refractivity contribution is 0.0714. The van der Waals surface area contributed by atoms with E-state index in [0.717, 1.165) is 14.5 Å². The summed E-state index contributed by atoms with van der Waals surface area (Å²) in [7, 11) is 4.49. The molecule has 2 aromatic rings. The third-order valence-corrected chi connectivity index (χ3v) is 5.26. The van der Waals surface area contributed by atoms with Crippen LogP contribution in [0.1, 0.15) is 32.8 Å². The molecule has 2 amide bonds. The molecule has 1 atom stereocenters. The van der Waals surface area contributed by atoms with Gasteiger partial charge < -0.3 is 15.4 Å². The minimum atomic E-state index is -0.618. The zero-order valence-corrected chi connectivity index (χ0v) is 16.4. The first kappa shape index (κ1) is 18.6. The Morgan fingerprint density at radius 1 is 1.17 bits per heavy atom. The van der Waals surface area contributed by atoms with Gasteiger partial charge in [0.25, 0.3) is 11.8 Å². The fraction of sp³-hybridized carbons (Fsp3) is 0.267. The second-order valence-electron chi connectivity index (χ2n) is 4.77. The summed E-state index contributed by atoms with van der Waals surface area (Å²) >= 11 is 6.86. The van der Waals surface area contributed by atoms with E-state index in [4.69, 9.17) is 4.74 Å². The van der Waals surface area contributed by atoms with E-state index in [2.05, 4.69) is 47.5 Å². The van der Waals surface area contributed by atoms with E-state index in [9.17, 15) is 9.59 Å². The van der Waals surface area contributed by atoms with Crippen LogP contribution < -0.4 is 10.6 Å². The van der Waals surface area contributed by atoms with Gasteiger partial charge in [-0.25, -0.2) is 4.98 Å². The predicted octanol–water partition coefficient (Wildman–Crippen LogP) is 2.32. The molecule has 0 aliphatic carbocycles. The van der Waals surface area contributed by atoms with Gasteiger partial charge in [0, 0.05) is 35.7 Å². The highest BCUT2D eigenvalue weighted by atomic mass is 79.9. The van der Waals surface area contributed by atoms with Crippen molar-refractivity contribution in [3.63, 3.8) is 0 Å². The third kappa shape index (κ3) is 3.52. The molecular weight excluding hydrogens is 444 g/mol. The predicted molar refractivity (Wildman–Crippen MR) is 96.0 cm³/mol. The van der Waals surface area contributed by atoms with Crippen LogP contribution >= 0.6 is 31.9 Å². The van der Waals surface area contributed by atoms with E-state index >= 15 is 0 Å². The Kier molecular flexibility index (Phi) is 6.14. The van der Waals surface area contributed by atoms with Crippen molar-refractivity contribution >= 4 is 43.7 Å². The summed E-state index contributed by atoms with van der Waals surface area (Å²) < 4.78 is 8.82. The molecule has 7 nitrogen and oxygen atoms in total. The molecule has 0 fully saturated rings. The Morgan fingerprint density at radius 3 is 2.38 bits per heavy atom. The van der Waals surface area contributed by atoms with Crippen LogP contribution in [-0.4, -0.2) is 42.6 Å². The summed E-state index contributed by atoms with van der Waals surface area (Å²) in [4.78, 5) is 28.4. The van der Waals surface area contributed by atoms with Gasteiger partial charge in [-0.3, -0.25) is 14.2 Å². The third-order valence-electron chi connectivity index (χ3n) is 3.38. The molecular formula is C15H16Br2N4O3. The van der Waals surface area contributed by atoms with E-state index in [1.165, 1.54) is 32.1 Å². The molecule has 0 saturated heterocycles. The van der Waals surface area contributed by atoms with E-state index in [1.54, 1.807) is 0 Å². The van der Waals surface area contributed by atoms with Crippen LogP contribution in [0.4, 0.5) is 0 Å². The second kappa shape index (κ2) is 7.91. The Hall–Kier alpha value is -1.71. The summed E-state index contributed by atoms with van der Waals surface area (Å²) in [5.41, 5.74) is 0.955. The number of hydrogen-bond donors (Lipinski definition) is 2. The van der Waals surface area contributed by atoms with Crippen LogP contribution in [0.5, 0.6) is 0 Å². The van der Waals surface area contributed by atoms with Gasteiger partial charge in [-0.1, -0.05) is 6.07 Å². The largest absolute Gasteiger partial charge is 0.357 e. The number of amides is 2. The average molecular weight is 460 g/mol. The quantitative estimate of drug-likeness (QED) is 0.718. The number of benzene rings is 1. The van der Waals surface area contributed by atoms with Crippen LogP contribution in [0.25, 0.3) is 0 Å². The number of carbonyl (C=O) groups is 2. The molecule has 0 aliphatic heterocycles.